The number of rotatable bonds is 6. The van der Waals surface area contributed by atoms with Gasteiger partial charge >= 0.3 is 0 Å². The summed E-state index contributed by atoms with van der Waals surface area (Å²) in [5.41, 5.74) is 2.94. The topological polar surface area (TPSA) is 75.4 Å². The largest absolute Gasteiger partial charge is 0.361 e. The molecule has 1 aliphatic heterocycles. The van der Waals surface area contributed by atoms with Gasteiger partial charge in [-0.25, -0.2) is 0 Å². The average molecular weight is 355 g/mol. The molecule has 3 rings (SSSR count). The fraction of sp³-hybridized carbons (Fsp3) is 0.450. The van der Waals surface area contributed by atoms with E-state index < -0.39 is 0 Å². The Morgan fingerprint density at radius 1 is 1.31 bits per heavy atom. The summed E-state index contributed by atoms with van der Waals surface area (Å²) < 4.78 is 5.13. The van der Waals surface area contributed by atoms with Crippen LogP contribution in [0.3, 0.4) is 0 Å². The van der Waals surface area contributed by atoms with Crippen molar-refractivity contribution in [1.29, 1.82) is 0 Å². The highest BCUT2D eigenvalue weighted by Gasteiger charge is 2.38. The summed E-state index contributed by atoms with van der Waals surface area (Å²) in [6.07, 6.45) is 1.45. The summed E-state index contributed by atoms with van der Waals surface area (Å²) in [6, 6.07) is 9.99. The Labute approximate surface area is 153 Å². The standard InChI is InChI=1S/C20H25N3O3/c1-13-17(14(2)26-22-13)9-10-18(24)21-12-16-11-19(25)23(3)20(16)15-7-5-4-6-8-15/h4-8,16,20H,9-12H2,1-3H3,(H,21,24)/t16-,20-/m0/s1. The molecule has 1 saturated heterocycles. The van der Waals surface area contributed by atoms with Crippen LogP contribution in [0.15, 0.2) is 34.9 Å². The van der Waals surface area contributed by atoms with E-state index in [9.17, 15) is 9.59 Å². The molecule has 6 nitrogen and oxygen atoms in total. The Bertz CT molecular complexity index is 765. The number of aromatic nitrogens is 1. The summed E-state index contributed by atoms with van der Waals surface area (Å²) >= 11 is 0. The van der Waals surface area contributed by atoms with Crippen molar-refractivity contribution < 1.29 is 14.1 Å². The number of carbonyl (C=O) groups excluding carboxylic acids is 2. The Morgan fingerprint density at radius 2 is 2.04 bits per heavy atom. The monoisotopic (exact) mass is 355 g/mol. The van der Waals surface area contributed by atoms with E-state index in [-0.39, 0.29) is 23.8 Å². The second-order valence-electron chi connectivity index (χ2n) is 6.93. The van der Waals surface area contributed by atoms with E-state index in [1.807, 2.05) is 51.2 Å². The summed E-state index contributed by atoms with van der Waals surface area (Å²) in [5.74, 6) is 0.952. The molecule has 0 bridgehead atoms. The van der Waals surface area contributed by atoms with Gasteiger partial charge in [0.25, 0.3) is 0 Å². The number of nitrogens with one attached hydrogen (secondary N) is 1. The zero-order valence-electron chi connectivity index (χ0n) is 15.5. The van der Waals surface area contributed by atoms with Crippen molar-refractivity contribution in [1.82, 2.24) is 15.4 Å². The minimum atomic E-state index is -0.0150. The fourth-order valence-corrected chi connectivity index (χ4v) is 3.71. The van der Waals surface area contributed by atoms with Gasteiger partial charge < -0.3 is 14.7 Å². The number of amides is 2. The van der Waals surface area contributed by atoms with Crippen molar-refractivity contribution in [2.75, 3.05) is 13.6 Å². The lowest BCUT2D eigenvalue weighted by molar-refractivity contribution is -0.127. The van der Waals surface area contributed by atoms with E-state index >= 15 is 0 Å². The van der Waals surface area contributed by atoms with Crippen LogP contribution >= 0.6 is 0 Å². The smallest absolute Gasteiger partial charge is 0.223 e. The zero-order valence-corrected chi connectivity index (χ0v) is 15.5. The maximum absolute atomic E-state index is 12.3. The van der Waals surface area contributed by atoms with Gasteiger partial charge in [0.1, 0.15) is 5.76 Å². The SMILES string of the molecule is Cc1noc(C)c1CCC(=O)NC[C@@H]1CC(=O)N(C)[C@H]1c1ccccc1. The van der Waals surface area contributed by atoms with Crippen molar-refractivity contribution in [3.05, 3.63) is 52.9 Å². The second kappa shape index (κ2) is 7.72. The predicted molar refractivity (Wildman–Crippen MR) is 97.4 cm³/mol. The molecule has 1 aliphatic rings. The third-order valence-corrected chi connectivity index (χ3v) is 5.18. The molecule has 26 heavy (non-hydrogen) atoms. The van der Waals surface area contributed by atoms with Crippen LogP contribution in [0.4, 0.5) is 0 Å². The molecule has 0 radical (unpaired) electrons. The van der Waals surface area contributed by atoms with E-state index in [0.29, 0.717) is 25.8 Å². The first-order valence-corrected chi connectivity index (χ1v) is 8.96. The number of hydrogen-bond donors (Lipinski definition) is 1. The van der Waals surface area contributed by atoms with Gasteiger partial charge in [-0.1, -0.05) is 35.5 Å². The van der Waals surface area contributed by atoms with Gasteiger partial charge in [-0.15, -0.1) is 0 Å². The lowest BCUT2D eigenvalue weighted by Gasteiger charge is -2.25. The van der Waals surface area contributed by atoms with Crippen molar-refractivity contribution in [3.8, 4) is 0 Å². The van der Waals surface area contributed by atoms with Crippen LogP contribution in [0.2, 0.25) is 0 Å². The quantitative estimate of drug-likeness (QED) is 0.864. The Kier molecular flexibility index (Phi) is 5.40. The molecule has 2 heterocycles. The molecule has 1 fully saturated rings. The van der Waals surface area contributed by atoms with Crippen molar-refractivity contribution in [2.45, 2.75) is 39.2 Å². The van der Waals surface area contributed by atoms with Crippen molar-refractivity contribution in [3.63, 3.8) is 0 Å². The first-order chi connectivity index (χ1) is 12.5. The molecule has 0 aliphatic carbocycles. The lowest BCUT2D eigenvalue weighted by Crippen LogP contribution is -2.32. The summed E-state index contributed by atoms with van der Waals surface area (Å²) in [4.78, 5) is 26.2. The molecule has 2 aromatic rings. The first kappa shape index (κ1) is 18.2. The predicted octanol–water partition coefficient (Wildman–Crippen LogP) is 2.56. The van der Waals surface area contributed by atoms with E-state index in [1.54, 1.807) is 4.90 Å². The van der Waals surface area contributed by atoms with Crippen molar-refractivity contribution >= 4 is 11.8 Å². The minimum absolute atomic E-state index is 0.00608. The third kappa shape index (κ3) is 3.79. The van der Waals surface area contributed by atoms with Gasteiger partial charge in [-0.3, -0.25) is 9.59 Å². The van der Waals surface area contributed by atoms with Crippen LogP contribution in [-0.2, 0) is 16.0 Å². The van der Waals surface area contributed by atoms with Crippen LogP contribution in [0, 0.1) is 19.8 Å². The zero-order chi connectivity index (χ0) is 18.7. The molecule has 1 aromatic carbocycles. The van der Waals surface area contributed by atoms with Crippen molar-refractivity contribution in [2.24, 2.45) is 5.92 Å². The normalized spacial score (nSPS) is 19.8. The Balaban J connectivity index is 1.57. The molecule has 1 aromatic heterocycles. The van der Waals surface area contributed by atoms with Crippen LogP contribution < -0.4 is 5.32 Å². The number of benzene rings is 1. The molecular formula is C20H25N3O3. The highest BCUT2D eigenvalue weighted by Crippen LogP contribution is 2.36. The number of hydrogen-bond acceptors (Lipinski definition) is 4. The molecule has 0 unspecified atom stereocenters. The molecule has 0 spiro atoms. The van der Waals surface area contributed by atoms with Gasteiger partial charge in [0.15, 0.2) is 0 Å². The van der Waals surface area contributed by atoms with Crippen LogP contribution in [0.5, 0.6) is 0 Å². The van der Waals surface area contributed by atoms with Crippen LogP contribution in [0.25, 0.3) is 0 Å². The number of likely N-dealkylation sites (tertiary alicyclic amines) is 1. The molecule has 6 heteroatoms. The van der Waals surface area contributed by atoms with Crippen LogP contribution in [-0.4, -0.2) is 35.5 Å². The summed E-state index contributed by atoms with van der Waals surface area (Å²) in [5, 5.41) is 6.91. The Morgan fingerprint density at radius 3 is 2.69 bits per heavy atom. The second-order valence-corrected chi connectivity index (χ2v) is 6.93. The van der Waals surface area contributed by atoms with Gasteiger partial charge in [0.05, 0.1) is 11.7 Å². The molecule has 1 N–H and O–H groups in total. The van der Waals surface area contributed by atoms with E-state index in [0.717, 1.165) is 22.6 Å². The molecule has 2 atom stereocenters. The Hall–Kier alpha value is -2.63. The maximum atomic E-state index is 12.3. The van der Waals surface area contributed by atoms with Gasteiger partial charge in [-0.05, 0) is 25.8 Å². The van der Waals surface area contributed by atoms with E-state index in [4.69, 9.17) is 4.52 Å². The molecule has 0 saturated carbocycles. The van der Waals surface area contributed by atoms with E-state index in [2.05, 4.69) is 10.5 Å². The molecule has 138 valence electrons. The lowest BCUT2D eigenvalue weighted by atomic mass is 9.93. The minimum Gasteiger partial charge on any atom is -0.361 e. The highest BCUT2D eigenvalue weighted by molar-refractivity contribution is 5.80. The van der Waals surface area contributed by atoms with Gasteiger partial charge in [0, 0.05) is 37.9 Å². The number of aryl methyl sites for hydroxylation is 2. The summed E-state index contributed by atoms with van der Waals surface area (Å²) in [6.45, 7) is 4.24. The average Bonchev–Trinajstić information content (AvgIpc) is 3.11. The fourth-order valence-electron chi connectivity index (χ4n) is 3.71. The summed E-state index contributed by atoms with van der Waals surface area (Å²) in [7, 11) is 1.83. The van der Waals surface area contributed by atoms with Crippen LogP contribution in [0.1, 0.15) is 41.5 Å². The third-order valence-electron chi connectivity index (χ3n) is 5.18. The van der Waals surface area contributed by atoms with Gasteiger partial charge in [0.2, 0.25) is 11.8 Å². The van der Waals surface area contributed by atoms with Gasteiger partial charge in [-0.2, -0.15) is 0 Å². The highest BCUT2D eigenvalue weighted by atomic mass is 16.5. The first-order valence-electron chi connectivity index (χ1n) is 8.96. The molecular weight excluding hydrogens is 330 g/mol. The molecule has 2 amide bonds. The maximum Gasteiger partial charge on any atom is 0.223 e. The number of carbonyl (C=O) groups is 2. The van der Waals surface area contributed by atoms with E-state index in [1.165, 1.54) is 0 Å². The number of nitrogens with zero attached hydrogens (tertiary/aromatic N) is 2.